The lowest BCUT2D eigenvalue weighted by atomic mass is 9.88. The smallest absolute Gasteiger partial charge is 0.192 e. The molecule has 2 atom stereocenters. The van der Waals surface area contributed by atoms with Crippen LogP contribution >= 0.6 is 0 Å². The van der Waals surface area contributed by atoms with Gasteiger partial charge in [-0.05, 0) is 43.8 Å². The SMILES string of the molecule is C=CC[C@]1(O[Si](C)(C)C(C)(C)C)CCC[C@H]1C=C. The third-order valence-corrected chi connectivity index (χ3v) is 9.36. The second-order valence-corrected chi connectivity index (χ2v) is 11.9. The Kier molecular flexibility index (Phi) is 4.66. The Morgan fingerprint density at radius 3 is 2.39 bits per heavy atom. The summed E-state index contributed by atoms with van der Waals surface area (Å²) in [7, 11) is -1.73. The van der Waals surface area contributed by atoms with Gasteiger partial charge in [0, 0.05) is 5.92 Å². The van der Waals surface area contributed by atoms with E-state index >= 15 is 0 Å². The van der Waals surface area contributed by atoms with Crippen molar-refractivity contribution in [1.82, 2.24) is 0 Å². The number of rotatable bonds is 5. The molecule has 1 nitrogen and oxygen atoms in total. The van der Waals surface area contributed by atoms with Crippen molar-refractivity contribution in [2.24, 2.45) is 5.92 Å². The van der Waals surface area contributed by atoms with Gasteiger partial charge in [-0.15, -0.1) is 13.2 Å². The Bertz CT molecular complexity index is 314. The molecule has 0 unspecified atom stereocenters. The quantitative estimate of drug-likeness (QED) is 0.484. The van der Waals surface area contributed by atoms with Gasteiger partial charge in [-0.25, -0.2) is 0 Å². The van der Waals surface area contributed by atoms with Crippen LogP contribution in [0.1, 0.15) is 46.5 Å². The maximum atomic E-state index is 6.79. The molecule has 0 aromatic rings. The zero-order valence-electron chi connectivity index (χ0n) is 12.9. The van der Waals surface area contributed by atoms with E-state index in [-0.39, 0.29) is 10.6 Å². The highest BCUT2D eigenvalue weighted by atomic mass is 28.4. The lowest BCUT2D eigenvalue weighted by Gasteiger charge is -2.46. The molecule has 1 aliphatic rings. The Morgan fingerprint density at radius 1 is 1.33 bits per heavy atom. The van der Waals surface area contributed by atoms with Crippen molar-refractivity contribution in [3.63, 3.8) is 0 Å². The molecule has 0 heterocycles. The van der Waals surface area contributed by atoms with E-state index in [1.54, 1.807) is 0 Å². The van der Waals surface area contributed by atoms with Crippen LogP contribution in [0.2, 0.25) is 18.1 Å². The molecule has 0 spiro atoms. The van der Waals surface area contributed by atoms with Crippen LogP contribution in [0.5, 0.6) is 0 Å². The third kappa shape index (κ3) is 2.97. The Hall–Kier alpha value is -0.343. The van der Waals surface area contributed by atoms with E-state index < -0.39 is 8.32 Å². The van der Waals surface area contributed by atoms with Crippen molar-refractivity contribution in [2.45, 2.75) is 70.2 Å². The van der Waals surface area contributed by atoms with Crippen molar-refractivity contribution in [1.29, 1.82) is 0 Å². The molecule has 18 heavy (non-hydrogen) atoms. The maximum Gasteiger partial charge on any atom is 0.192 e. The van der Waals surface area contributed by atoms with Gasteiger partial charge >= 0.3 is 0 Å². The number of hydrogen-bond donors (Lipinski definition) is 0. The molecule has 0 saturated heterocycles. The summed E-state index contributed by atoms with van der Waals surface area (Å²) in [5, 5.41) is 0.259. The van der Waals surface area contributed by atoms with Crippen molar-refractivity contribution < 1.29 is 4.43 Å². The third-order valence-electron chi connectivity index (χ3n) is 4.83. The fraction of sp³-hybridized carbons (Fsp3) is 0.750. The molecule has 0 aromatic carbocycles. The first kappa shape index (κ1) is 15.7. The maximum absolute atomic E-state index is 6.79. The zero-order chi connectivity index (χ0) is 14.0. The topological polar surface area (TPSA) is 9.23 Å². The summed E-state index contributed by atoms with van der Waals surface area (Å²) < 4.78 is 6.79. The Labute approximate surface area is 114 Å². The Balaban J connectivity index is 3.00. The predicted octanol–water partition coefficient (Wildman–Crippen LogP) is 5.31. The van der Waals surface area contributed by atoms with Gasteiger partial charge in [0.15, 0.2) is 8.32 Å². The molecule has 0 bridgehead atoms. The molecule has 1 aliphatic carbocycles. The molecule has 0 aliphatic heterocycles. The highest BCUT2D eigenvalue weighted by molar-refractivity contribution is 6.74. The number of hydrogen-bond acceptors (Lipinski definition) is 1. The lowest BCUT2D eigenvalue weighted by Crippen LogP contribution is -2.51. The summed E-state index contributed by atoms with van der Waals surface area (Å²) in [5.74, 6) is 0.490. The van der Waals surface area contributed by atoms with E-state index in [1.165, 1.54) is 12.8 Å². The minimum absolute atomic E-state index is 0.0213. The van der Waals surface area contributed by atoms with Crippen LogP contribution in [0.4, 0.5) is 0 Å². The monoisotopic (exact) mass is 266 g/mol. The highest BCUT2D eigenvalue weighted by Crippen LogP contribution is 2.48. The van der Waals surface area contributed by atoms with Crippen LogP contribution in [0.15, 0.2) is 25.3 Å². The van der Waals surface area contributed by atoms with Crippen molar-refractivity contribution >= 4 is 8.32 Å². The summed E-state index contributed by atoms with van der Waals surface area (Å²) in [6.07, 6.45) is 8.70. The van der Waals surface area contributed by atoms with Crippen molar-refractivity contribution in [3.8, 4) is 0 Å². The average molecular weight is 267 g/mol. The van der Waals surface area contributed by atoms with Gasteiger partial charge in [-0.1, -0.05) is 32.9 Å². The first-order valence-electron chi connectivity index (χ1n) is 7.12. The molecule has 1 rings (SSSR count). The van der Waals surface area contributed by atoms with Gasteiger partial charge in [-0.2, -0.15) is 0 Å². The molecule has 0 aromatic heterocycles. The normalized spacial score (nSPS) is 29.3. The van der Waals surface area contributed by atoms with Gasteiger partial charge < -0.3 is 4.43 Å². The lowest BCUT2D eigenvalue weighted by molar-refractivity contribution is 0.0351. The average Bonchev–Trinajstić information content (AvgIpc) is 2.58. The van der Waals surface area contributed by atoms with E-state index in [9.17, 15) is 0 Å². The molecule has 2 heteroatoms. The predicted molar refractivity (Wildman–Crippen MR) is 83.4 cm³/mol. The molecule has 0 N–H and O–H groups in total. The van der Waals surface area contributed by atoms with Gasteiger partial charge in [0.25, 0.3) is 0 Å². The summed E-state index contributed by atoms with van der Waals surface area (Å²) in [6.45, 7) is 19.5. The van der Waals surface area contributed by atoms with Crippen LogP contribution in [0.3, 0.4) is 0 Å². The van der Waals surface area contributed by atoms with Gasteiger partial charge in [0.2, 0.25) is 0 Å². The van der Waals surface area contributed by atoms with Crippen LogP contribution in [0.25, 0.3) is 0 Å². The van der Waals surface area contributed by atoms with Crippen LogP contribution in [-0.4, -0.2) is 13.9 Å². The second-order valence-electron chi connectivity index (χ2n) is 7.15. The van der Waals surface area contributed by atoms with E-state index in [1.807, 2.05) is 6.08 Å². The fourth-order valence-corrected chi connectivity index (χ4v) is 4.39. The minimum atomic E-state index is -1.73. The van der Waals surface area contributed by atoms with Crippen molar-refractivity contribution in [3.05, 3.63) is 25.3 Å². The summed E-state index contributed by atoms with van der Waals surface area (Å²) in [4.78, 5) is 0. The van der Waals surface area contributed by atoms with Gasteiger partial charge in [0.05, 0.1) is 5.60 Å². The van der Waals surface area contributed by atoms with Crippen LogP contribution in [-0.2, 0) is 4.43 Å². The molecular formula is C16H30OSi. The molecule has 1 fully saturated rings. The highest BCUT2D eigenvalue weighted by Gasteiger charge is 2.48. The minimum Gasteiger partial charge on any atom is -0.410 e. The summed E-state index contributed by atoms with van der Waals surface area (Å²) in [6, 6.07) is 0. The van der Waals surface area contributed by atoms with E-state index in [0.717, 1.165) is 12.8 Å². The first-order valence-corrected chi connectivity index (χ1v) is 10.0. The second kappa shape index (κ2) is 5.34. The first-order chi connectivity index (χ1) is 8.18. The fourth-order valence-electron chi connectivity index (χ4n) is 2.73. The van der Waals surface area contributed by atoms with E-state index in [4.69, 9.17) is 4.43 Å². The largest absolute Gasteiger partial charge is 0.410 e. The van der Waals surface area contributed by atoms with Crippen molar-refractivity contribution in [2.75, 3.05) is 0 Å². The standard InChI is InChI=1S/C16H30OSi/c1-8-12-16(13-10-11-14(16)9-2)17-18(6,7)15(3,4)5/h8-9,14H,1-2,10-13H2,3-7H3/t14-,16+/m1/s1. The van der Waals surface area contributed by atoms with Gasteiger partial charge in [-0.3, -0.25) is 0 Å². The molecule has 0 radical (unpaired) electrons. The summed E-state index contributed by atoms with van der Waals surface area (Å²) >= 11 is 0. The Morgan fingerprint density at radius 2 is 1.94 bits per heavy atom. The van der Waals surface area contributed by atoms with Gasteiger partial charge in [0.1, 0.15) is 0 Å². The molecule has 0 amide bonds. The molecule has 104 valence electrons. The zero-order valence-corrected chi connectivity index (χ0v) is 13.9. The van der Waals surface area contributed by atoms with Crippen LogP contribution in [0, 0.1) is 5.92 Å². The molecule has 1 saturated carbocycles. The van der Waals surface area contributed by atoms with E-state index in [0.29, 0.717) is 5.92 Å². The summed E-state index contributed by atoms with van der Waals surface area (Å²) in [5.41, 5.74) is -0.0213. The van der Waals surface area contributed by atoms with E-state index in [2.05, 4.69) is 53.1 Å². The van der Waals surface area contributed by atoms with Crippen LogP contribution < -0.4 is 0 Å². The molecular weight excluding hydrogens is 236 g/mol.